The minimum atomic E-state index is -0.00439. The van der Waals surface area contributed by atoms with Crippen molar-refractivity contribution in [2.24, 2.45) is 7.05 Å². The van der Waals surface area contributed by atoms with Crippen LogP contribution in [-0.2, 0) is 12.8 Å². The third-order valence-electron chi connectivity index (χ3n) is 3.66. The number of nitrogens with zero attached hydrogens (tertiary/aromatic N) is 2. The van der Waals surface area contributed by atoms with Crippen LogP contribution in [0.15, 0.2) is 64.8 Å². The zero-order valence-corrected chi connectivity index (χ0v) is 13.5. The lowest BCUT2D eigenvalue weighted by Crippen LogP contribution is -2.20. The third-order valence-corrected chi connectivity index (χ3v) is 4.67. The number of thioether (sulfide) groups is 1. The SMILES string of the molecule is C/C(=C\SCc1ccccc1)n1c(=O)n(C)c2ccccc21. The van der Waals surface area contributed by atoms with E-state index in [-0.39, 0.29) is 5.69 Å². The van der Waals surface area contributed by atoms with Gasteiger partial charge in [0, 0.05) is 18.5 Å². The maximum atomic E-state index is 12.4. The Morgan fingerprint density at radius 3 is 2.41 bits per heavy atom. The van der Waals surface area contributed by atoms with E-state index in [0.717, 1.165) is 22.5 Å². The predicted molar refractivity (Wildman–Crippen MR) is 94.9 cm³/mol. The maximum Gasteiger partial charge on any atom is 0.333 e. The van der Waals surface area contributed by atoms with Crippen LogP contribution in [0.1, 0.15) is 12.5 Å². The summed E-state index contributed by atoms with van der Waals surface area (Å²) in [6.07, 6.45) is 0. The van der Waals surface area contributed by atoms with Crippen molar-refractivity contribution in [3.63, 3.8) is 0 Å². The summed E-state index contributed by atoms with van der Waals surface area (Å²) >= 11 is 1.70. The average Bonchev–Trinajstić information content (AvgIpc) is 2.80. The van der Waals surface area contributed by atoms with Crippen LogP contribution in [0.3, 0.4) is 0 Å². The Labute approximate surface area is 133 Å². The van der Waals surface area contributed by atoms with Crippen LogP contribution in [0.5, 0.6) is 0 Å². The van der Waals surface area contributed by atoms with Crippen LogP contribution in [0.2, 0.25) is 0 Å². The van der Waals surface area contributed by atoms with Crippen molar-refractivity contribution in [1.29, 1.82) is 0 Å². The van der Waals surface area contributed by atoms with Crippen molar-refractivity contribution in [3.8, 4) is 0 Å². The second-order valence-corrected chi connectivity index (χ2v) is 6.08. The maximum absolute atomic E-state index is 12.4. The van der Waals surface area contributed by atoms with E-state index >= 15 is 0 Å². The summed E-state index contributed by atoms with van der Waals surface area (Å²) in [7, 11) is 1.81. The Hall–Kier alpha value is -2.20. The van der Waals surface area contributed by atoms with E-state index in [2.05, 4.69) is 17.5 Å². The molecule has 3 nitrogen and oxygen atoms in total. The summed E-state index contributed by atoms with van der Waals surface area (Å²) in [5.74, 6) is 0.900. The van der Waals surface area contributed by atoms with Crippen LogP contribution in [0, 0.1) is 0 Å². The van der Waals surface area contributed by atoms with Gasteiger partial charge in [0.2, 0.25) is 0 Å². The fraction of sp³-hybridized carbons (Fsp3) is 0.167. The minimum absolute atomic E-state index is 0.00439. The molecule has 0 spiro atoms. The van der Waals surface area contributed by atoms with Gasteiger partial charge in [-0.05, 0) is 30.0 Å². The van der Waals surface area contributed by atoms with Crippen LogP contribution in [-0.4, -0.2) is 9.13 Å². The van der Waals surface area contributed by atoms with E-state index in [1.54, 1.807) is 20.9 Å². The van der Waals surface area contributed by atoms with E-state index < -0.39 is 0 Å². The van der Waals surface area contributed by atoms with Gasteiger partial charge >= 0.3 is 5.69 Å². The molecule has 1 heterocycles. The zero-order chi connectivity index (χ0) is 15.5. The first kappa shape index (κ1) is 14.7. The Balaban J connectivity index is 1.89. The van der Waals surface area contributed by atoms with Gasteiger partial charge in [-0.3, -0.25) is 9.13 Å². The van der Waals surface area contributed by atoms with Gasteiger partial charge in [0.25, 0.3) is 0 Å². The van der Waals surface area contributed by atoms with Crippen LogP contribution in [0.25, 0.3) is 16.7 Å². The number of aromatic nitrogens is 2. The van der Waals surface area contributed by atoms with Crippen molar-refractivity contribution in [1.82, 2.24) is 9.13 Å². The van der Waals surface area contributed by atoms with E-state index in [0.29, 0.717) is 0 Å². The highest BCUT2D eigenvalue weighted by Gasteiger charge is 2.10. The molecule has 0 unspecified atom stereocenters. The smallest absolute Gasteiger partial charge is 0.295 e. The Kier molecular flexibility index (Phi) is 4.20. The molecule has 0 saturated heterocycles. The number of imidazole rings is 1. The second kappa shape index (κ2) is 6.28. The highest BCUT2D eigenvalue weighted by Crippen LogP contribution is 2.20. The lowest BCUT2D eigenvalue weighted by Gasteiger charge is -2.03. The van der Waals surface area contributed by atoms with E-state index in [1.807, 2.05) is 56.4 Å². The molecule has 112 valence electrons. The monoisotopic (exact) mass is 310 g/mol. The summed E-state index contributed by atoms with van der Waals surface area (Å²) in [5, 5.41) is 2.06. The first-order valence-electron chi connectivity index (χ1n) is 7.17. The second-order valence-electron chi connectivity index (χ2n) is 5.22. The molecule has 0 saturated carbocycles. The first-order chi connectivity index (χ1) is 10.7. The number of aryl methyl sites for hydroxylation is 1. The van der Waals surface area contributed by atoms with Gasteiger partial charge in [-0.1, -0.05) is 42.5 Å². The van der Waals surface area contributed by atoms with Gasteiger partial charge in [0.15, 0.2) is 0 Å². The molecule has 0 aliphatic heterocycles. The largest absolute Gasteiger partial charge is 0.333 e. The number of rotatable bonds is 4. The van der Waals surface area contributed by atoms with Gasteiger partial charge in [-0.2, -0.15) is 0 Å². The molecule has 22 heavy (non-hydrogen) atoms. The molecule has 0 radical (unpaired) electrons. The predicted octanol–water partition coefficient (Wildman–Crippen LogP) is 4.09. The molecule has 4 heteroatoms. The summed E-state index contributed by atoms with van der Waals surface area (Å²) < 4.78 is 3.46. The van der Waals surface area contributed by atoms with Gasteiger partial charge in [-0.25, -0.2) is 4.79 Å². The van der Waals surface area contributed by atoms with Crippen molar-refractivity contribution >= 4 is 28.5 Å². The number of hydrogen-bond donors (Lipinski definition) is 0. The van der Waals surface area contributed by atoms with Crippen molar-refractivity contribution in [2.45, 2.75) is 12.7 Å². The Bertz CT molecular complexity index is 875. The highest BCUT2D eigenvalue weighted by atomic mass is 32.2. The average molecular weight is 310 g/mol. The molecular formula is C18H18N2OS. The van der Waals surface area contributed by atoms with Gasteiger partial charge in [0.1, 0.15) is 0 Å². The lowest BCUT2D eigenvalue weighted by atomic mass is 10.2. The highest BCUT2D eigenvalue weighted by molar-refractivity contribution is 8.01. The molecule has 0 aliphatic rings. The molecule has 3 aromatic rings. The van der Waals surface area contributed by atoms with Crippen LogP contribution in [0.4, 0.5) is 0 Å². The number of para-hydroxylation sites is 2. The zero-order valence-electron chi connectivity index (χ0n) is 12.7. The first-order valence-corrected chi connectivity index (χ1v) is 8.22. The Morgan fingerprint density at radius 1 is 1.05 bits per heavy atom. The van der Waals surface area contributed by atoms with Crippen LogP contribution < -0.4 is 5.69 Å². The molecule has 0 amide bonds. The van der Waals surface area contributed by atoms with Gasteiger partial charge < -0.3 is 0 Å². The van der Waals surface area contributed by atoms with Gasteiger partial charge in [-0.15, -0.1) is 11.8 Å². The van der Waals surface area contributed by atoms with Crippen LogP contribution >= 0.6 is 11.8 Å². The fourth-order valence-corrected chi connectivity index (χ4v) is 3.33. The molecule has 0 N–H and O–H groups in total. The third kappa shape index (κ3) is 2.74. The fourth-order valence-electron chi connectivity index (χ4n) is 2.52. The standard InChI is InChI=1S/C18H18N2OS/c1-14(12-22-13-15-8-4-3-5-9-15)20-17-11-7-6-10-16(17)19(2)18(20)21/h3-12H,13H2,1-2H3/b14-12+. The van der Waals surface area contributed by atoms with E-state index in [1.165, 1.54) is 5.56 Å². The number of benzene rings is 2. The summed E-state index contributed by atoms with van der Waals surface area (Å²) in [5.41, 5.74) is 4.12. The molecular weight excluding hydrogens is 292 g/mol. The molecule has 0 atom stereocenters. The summed E-state index contributed by atoms with van der Waals surface area (Å²) in [6.45, 7) is 1.98. The van der Waals surface area contributed by atoms with Crippen molar-refractivity contribution < 1.29 is 0 Å². The molecule has 0 fully saturated rings. The quantitative estimate of drug-likeness (QED) is 0.725. The topological polar surface area (TPSA) is 26.9 Å². The molecule has 1 aromatic heterocycles. The normalized spacial score (nSPS) is 12.0. The number of allylic oxidation sites excluding steroid dienone is 1. The summed E-state index contributed by atoms with van der Waals surface area (Å²) in [4.78, 5) is 12.4. The molecule has 0 aliphatic carbocycles. The van der Waals surface area contributed by atoms with Crippen molar-refractivity contribution in [3.05, 3.63) is 76.1 Å². The minimum Gasteiger partial charge on any atom is -0.295 e. The molecule has 0 bridgehead atoms. The molecule has 2 aromatic carbocycles. The number of hydrogen-bond acceptors (Lipinski definition) is 2. The molecule has 3 rings (SSSR count). The summed E-state index contributed by atoms with van der Waals surface area (Å²) in [6, 6.07) is 18.2. The van der Waals surface area contributed by atoms with E-state index in [9.17, 15) is 4.79 Å². The Morgan fingerprint density at radius 2 is 1.68 bits per heavy atom. The van der Waals surface area contributed by atoms with Gasteiger partial charge in [0.05, 0.1) is 11.0 Å². The number of fused-ring (bicyclic) bond motifs is 1. The lowest BCUT2D eigenvalue weighted by molar-refractivity contribution is 0.852. The van der Waals surface area contributed by atoms with Crippen molar-refractivity contribution in [2.75, 3.05) is 0 Å². The van der Waals surface area contributed by atoms with E-state index in [4.69, 9.17) is 0 Å².